The molecule has 2 rings (SSSR count). The lowest BCUT2D eigenvalue weighted by Crippen LogP contribution is -2.20. The first kappa shape index (κ1) is 18.0. The van der Waals surface area contributed by atoms with Crippen LogP contribution in [0.25, 0.3) is 0 Å². The van der Waals surface area contributed by atoms with Gasteiger partial charge in [0.1, 0.15) is 5.75 Å². The van der Waals surface area contributed by atoms with Crippen LogP contribution in [0.3, 0.4) is 0 Å². The van der Waals surface area contributed by atoms with Gasteiger partial charge in [0, 0.05) is 0 Å². The number of rotatable bonds is 7. The highest BCUT2D eigenvalue weighted by molar-refractivity contribution is 7.89. The second kappa shape index (κ2) is 7.97. The molecule has 2 aromatic carbocycles. The van der Waals surface area contributed by atoms with Crippen molar-refractivity contribution in [1.82, 2.24) is 4.83 Å². The van der Waals surface area contributed by atoms with Crippen LogP contribution in [0.1, 0.15) is 31.9 Å². The average Bonchev–Trinajstić information content (AvgIpc) is 2.60. The Labute approximate surface area is 143 Å². The Bertz CT molecular complexity index is 795. The number of nitrogens with one attached hydrogen (secondary N) is 1. The molecule has 0 saturated carbocycles. The summed E-state index contributed by atoms with van der Waals surface area (Å²) in [4.78, 5) is 2.42. The van der Waals surface area contributed by atoms with Crippen molar-refractivity contribution in [3.8, 4) is 5.75 Å². The van der Waals surface area contributed by atoms with E-state index in [1.54, 1.807) is 19.1 Å². The van der Waals surface area contributed by atoms with E-state index in [1.807, 2.05) is 31.2 Å². The predicted octanol–water partition coefficient (Wildman–Crippen LogP) is 3.35. The van der Waals surface area contributed by atoms with Crippen LogP contribution in [-0.2, 0) is 16.4 Å². The van der Waals surface area contributed by atoms with Gasteiger partial charge in [-0.1, -0.05) is 31.2 Å². The van der Waals surface area contributed by atoms with E-state index in [2.05, 4.69) is 16.9 Å². The van der Waals surface area contributed by atoms with Crippen molar-refractivity contribution in [2.24, 2.45) is 5.10 Å². The number of hydrogen-bond donors (Lipinski definition) is 1. The zero-order chi connectivity index (χ0) is 17.6. The summed E-state index contributed by atoms with van der Waals surface area (Å²) in [6.07, 6.45) is 0.959. The third-order valence-electron chi connectivity index (χ3n) is 3.56. The van der Waals surface area contributed by atoms with Crippen LogP contribution in [-0.4, -0.2) is 20.7 Å². The highest BCUT2D eigenvalue weighted by atomic mass is 32.2. The molecule has 0 atom stereocenters. The van der Waals surface area contributed by atoms with Crippen molar-refractivity contribution in [3.63, 3.8) is 0 Å². The molecule has 0 fully saturated rings. The first-order chi connectivity index (χ1) is 11.5. The van der Waals surface area contributed by atoms with Gasteiger partial charge in [0.05, 0.1) is 17.2 Å². The van der Waals surface area contributed by atoms with Gasteiger partial charge in [-0.2, -0.15) is 18.4 Å². The molecule has 1 N–H and O–H groups in total. The van der Waals surface area contributed by atoms with Crippen molar-refractivity contribution < 1.29 is 13.2 Å². The van der Waals surface area contributed by atoms with Crippen LogP contribution in [0.4, 0.5) is 0 Å². The van der Waals surface area contributed by atoms with E-state index >= 15 is 0 Å². The van der Waals surface area contributed by atoms with Gasteiger partial charge in [-0.05, 0) is 55.7 Å². The van der Waals surface area contributed by atoms with E-state index < -0.39 is 10.0 Å². The molecule has 5 nitrogen and oxygen atoms in total. The number of hydrogen-bond acceptors (Lipinski definition) is 4. The predicted molar refractivity (Wildman–Crippen MR) is 96.0 cm³/mol. The first-order valence-corrected chi connectivity index (χ1v) is 9.33. The number of benzene rings is 2. The highest BCUT2D eigenvalue weighted by Crippen LogP contribution is 2.16. The molecule has 2 aromatic rings. The second-order valence-electron chi connectivity index (χ2n) is 5.25. The van der Waals surface area contributed by atoms with E-state index in [1.165, 1.54) is 17.7 Å². The molecule has 128 valence electrons. The lowest BCUT2D eigenvalue weighted by Gasteiger charge is -2.07. The van der Waals surface area contributed by atoms with Gasteiger partial charge in [-0.3, -0.25) is 0 Å². The Morgan fingerprint density at radius 3 is 2.21 bits per heavy atom. The molecule has 0 amide bonds. The molecular formula is C18H22N2O3S. The van der Waals surface area contributed by atoms with Crippen molar-refractivity contribution in [1.29, 1.82) is 0 Å². The van der Waals surface area contributed by atoms with Gasteiger partial charge >= 0.3 is 0 Å². The van der Waals surface area contributed by atoms with Crippen LogP contribution in [0.2, 0.25) is 0 Å². The summed E-state index contributed by atoms with van der Waals surface area (Å²) in [5.41, 5.74) is 2.70. The normalized spacial score (nSPS) is 12.0. The number of nitrogens with zero attached hydrogens (tertiary/aromatic N) is 1. The topological polar surface area (TPSA) is 67.8 Å². The maximum Gasteiger partial charge on any atom is 0.276 e. The van der Waals surface area contributed by atoms with Crippen molar-refractivity contribution in [2.45, 2.75) is 32.1 Å². The Morgan fingerprint density at radius 2 is 1.67 bits per heavy atom. The summed E-state index contributed by atoms with van der Waals surface area (Å²) >= 11 is 0. The van der Waals surface area contributed by atoms with Crippen LogP contribution in [0, 0.1) is 0 Å². The van der Waals surface area contributed by atoms with Gasteiger partial charge < -0.3 is 4.74 Å². The summed E-state index contributed by atoms with van der Waals surface area (Å²) in [6.45, 7) is 6.25. The van der Waals surface area contributed by atoms with Crippen molar-refractivity contribution in [3.05, 3.63) is 59.7 Å². The Hall–Kier alpha value is -2.34. The van der Waals surface area contributed by atoms with Crippen molar-refractivity contribution in [2.75, 3.05) is 6.61 Å². The summed E-state index contributed by atoms with van der Waals surface area (Å²) in [6, 6.07) is 14.1. The molecule has 24 heavy (non-hydrogen) atoms. The smallest absolute Gasteiger partial charge is 0.276 e. The number of sulfonamides is 1. The van der Waals surface area contributed by atoms with E-state index in [0.29, 0.717) is 18.1 Å². The van der Waals surface area contributed by atoms with Gasteiger partial charge in [0.2, 0.25) is 0 Å². The summed E-state index contributed by atoms with van der Waals surface area (Å²) in [5.74, 6) is 0.632. The zero-order valence-corrected chi connectivity index (χ0v) is 14.9. The Kier molecular flexibility index (Phi) is 5.98. The van der Waals surface area contributed by atoms with E-state index in [0.717, 1.165) is 12.0 Å². The maximum atomic E-state index is 12.3. The highest BCUT2D eigenvalue weighted by Gasteiger charge is 2.13. The van der Waals surface area contributed by atoms with E-state index in [9.17, 15) is 8.42 Å². The minimum atomic E-state index is -3.70. The molecule has 0 aliphatic heterocycles. The van der Waals surface area contributed by atoms with Crippen LogP contribution in [0.15, 0.2) is 58.5 Å². The summed E-state index contributed by atoms with van der Waals surface area (Å²) in [5, 5.41) is 4.00. The first-order valence-electron chi connectivity index (χ1n) is 7.84. The average molecular weight is 346 g/mol. The third-order valence-corrected chi connectivity index (χ3v) is 4.78. The number of hydrazone groups is 1. The zero-order valence-electron chi connectivity index (χ0n) is 14.1. The van der Waals surface area contributed by atoms with Crippen LogP contribution >= 0.6 is 0 Å². The van der Waals surface area contributed by atoms with Crippen LogP contribution < -0.4 is 9.57 Å². The van der Waals surface area contributed by atoms with E-state index in [4.69, 9.17) is 4.74 Å². The number of aryl methyl sites for hydroxylation is 1. The molecule has 0 saturated heterocycles. The van der Waals surface area contributed by atoms with Crippen molar-refractivity contribution >= 4 is 15.7 Å². The lowest BCUT2D eigenvalue weighted by molar-refractivity contribution is 0.340. The van der Waals surface area contributed by atoms with Gasteiger partial charge in [0.15, 0.2) is 0 Å². The third kappa shape index (κ3) is 4.58. The summed E-state index contributed by atoms with van der Waals surface area (Å²) in [7, 11) is -3.70. The van der Waals surface area contributed by atoms with Gasteiger partial charge in [0.25, 0.3) is 10.0 Å². The molecule has 6 heteroatoms. The second-order valence-corrected chi connectivity index (χ2v) is 6.91. The molecule has 0 radical (unpaired) electrons. The molecule has 0 aliphatic rings. The number of ether oxygens (including phenoxy) is 1. The minimum absolute atomic E-state index is 0.142. The molecule has 0 unspecified atom stereocenters. The fraction of sp³-hybridized carbons (Fsp3) is 0.278. The minimum Gasteiger partial charge on any atom is -0.494 e. The van der Waals surface area contributed by atoms with E-state index in [-0.39, 0.29) is 4.90 Å². The van der Waals surface area contributed by atoms with Gasteiger partial charge in [-0.15, -0.1) is 0 Å². The largest absolute Gasteiger partial charge is 0.494 e. The maximum absolute atomic E-state index is 12.3. The standard InChI is InChI=1S/C18H22N2O3S/c1-4-15-6-8-16(9-7-15)14(3)19-20-24(21,22)18-12-10-17(11-13-18)23-5-2/h6-13,20H,4-5H2,1-3H3/b19-14-. The monoisotopic (exact) mass is 346 g/mol. The lowest BCUT2D eigenvalue weighted by atomic mass is 10.1. The molecule has 0 aromatic heterocycles. The SMILES string of the molecule is CCOc1ccc(S(=O)(=O)N/N=C(/C)c2ccc(CC)cc2)cc1. The van der Waals surface area contributed by atoms with Gasteiger partial charge in [-0.25, -0.2) is 0 Å². The fourth-order valence-electron chi connectivity index (χ4n) is 2.11. The van der Waals surface area contributed by atoms with Crippen LogP contribution in [0.5, 0.6) is 5.75 Å². The summed E-state index contributed by atoms with van der Waals surface area (Å²) < 4.78 is 29.9. The quantitative estimate of drug-likeness (QED) is 0.617. The Morgan fingerprint density at radius 1 is 1.04 bits per heavy atom. The fourth-order valence-corrected chi connectivity index (χ4v) is 2.97. The molecule has 0 aliphatic carbocycles. The molecular weight excluding hydrogens is 324 g/mol. The molecule has 0 spiro atoms. The molecule has 0 heterocycles. The molecule has 0 bridgehead atoms. The Balaban J connectivity index is 2.12.